The SMILES string of the molecule is C=C(C)C(=O)OCC(COC(=O)CC(=O)OC)(COC(=O)CC(=O)OC)COc1cc(OC(=O)C(=C)C)c(-c2ccc(-c3ccc(C4CCC(CCCCC)CC4)cc3F)cc2)cc1OC(=O)C(=C)C. The molecular formula is C54H63FO15. The molecule has 70 heavy (non-hydrogen) atoms. The van der Waals surface area contributed by atoms with Crippen molar-refractivity contribution in [3.8, 4) is 39.5 Å². The highest BCUT2D eigenvalue weighted by molar-refractivity contribution is 5.93. The molecule has 0 unspecified atom stereocenters. The van der Waals surface area contributed by atoms with Gasteiger partial charge < -0.3 is 37.9 Å². The molecule has 0 aromatic heterocycles. The molecule has 4 rings (SSSR count). The van der Waals surface area contributed by atoms with E-state index in [0.717, 1.165) is 51.4 Å². The van der Waals surface area contributed by atoms with E-state index in [0.29, 0.717) is 22.6 Å². The molecule has 0 atom stereocenters. The van der Waals surface area contributed by atoms with Crippen molar-refractivity contribution in [2.24, 2.45) is 11.3 Å². The maximum absolute atomic E-state index is 15.9. The van der Waals surface area contributed by atoms with Crippen LogP contribution in [-0.4, -0.2) is 82.4 Å². The highest BCUT2D eigenvalue weighted by Gasteiger charge is 2.39. The van der Waals surface area contributed by atoms with Gasteiger partial charge in [-0.15, -0.1) is 0 Å². The zero-order valence-corrected chi connectivity index (χ0v) is 40.9. The number of hydrogen-bond acceptors (Lipinski definition) is 15. The number of unbranched alkanes of at least 4 members (excludes halogenated alkanes) is 2. The van der Waals surface area contributed by atoms with Crippen LogP contribution in [0.1, 0.15) is 103 Å². The van der Waals surface area contributed by atoms with Crippen LogP contribution < -0.4 is 14.2 Å². The molecule has 0 bridgehead atoms. The molecular weight excluding hydrogens is 908 g/mol. The summed E-state index contributed by atoms with van der Waals surface area (Å²) in [4.78, 5) is 88.3. The van der Waals surface area contributed by atoms with Crippen LogP contribution >= 0.6 is 0 Å². The Balaban J connectivity index is 1.76. The number of hydrogen-bond donors (Lipinski definition) is 0. The van der Waals surface area contributed by atoms with Crippen LogP contribution in [0.3, 0.4) is 0 Å². The van der Waals surface area contributed by atoms with E-state index in [9.17, 15) is 33.6 Å². The maximum Gasteiger partial charge on any atom is 0.338 e. The molecule has 0 radical (unpaired) electrons. The van der Waals surface area contributed by atoms with E-state index >= 15 is 4.39 Å². The van der Waals surface area contributed by atoms with Gasteiger partial charge in [-0.1, -0.05) is 88.7 Å². The van der Waals surface area contributed by atoms with E-state index in [1.54, 1.807) is 36.4 Å². The quantitative estimate of drug-likeness (QED) is 0.0194. The first-order valence-corrected chi connectivity index (χ1v) is 23.0. The maximum atomic E-state index is 15.9. The third kappa shape index (κ3) is 16.6. The lowest BCUT2D eigenvalue weighted by Crippen LogP contribution is -2.44. The van der Waals surface area contributed by atoms with Gasteiger partial charge in [-0.05, 0) is 87.1 Å². The number of carbonyl (C=O) groups excluding carboxylic acids is 7. The van der Waals surface area contributed by atoms with Gasteiger partial charge in [-0.3, -0.25) is 19.2 Å². The second-order valence-corrected chi connectivity index (χ2v) is 17.6. The molecule has 376 valence electrons. The summed E-state index contributed by atoms with van der Waals surface area (Å²) >= 11 is 0. The Bertz CT molecular complexity index is 2390. The van der Waals surface area contributed by atoms with Crippen molar-refractivity contribution in [3.63, 3.8) is 0 Å². The van der Waals surface area contributed by atoms with Gasteiger partial charge >= 0.3 is 41.8 Å². The molecule has 3 aromatic rings. The number of carbonyl (C=O) groups is 7. The second kappa shape index (κ2) is 26.6. The molecule has 0 amide bonds. The Labute approximate surface area is 408 Å². The zero-order valence-electron chi connectivity index (χ0n) is 40.9. The number of ether oxygens (including phenoxy) is 8. The summed E-state index contributed by atoms with van der Waals surface area (Å²) in [6.45, 7) is 14.5. The Morgan fingerprint density at radius 3 is 1.60 bits per heavy atom. The van der Waals surface area contributed by atoms with Gasteiger partial charge in [0, 0.05) is 33.9 Å². The predicted molar refractivity (Wildman–Crippen MR) is 256 cm³/mol. The summed E-state index contributed by atoms with van der Waals surface area (Å²) in [5.74, 6) is -6.56. The first kappa shape index (κ1) is 55.5. The number of halogens is 1. The van der Waals surface area contributed by atoms with E-state index in [4.69, 9.17) is 28.4 Å². The molecule has 0 saturated heterocycles. The van der Waals surface area contributed by atoms with Crippen LogP contribution in [0.25, 0.3) is 22.3 Å². The number of esters is 7. The van der Waals surface area contributed by atoms with E-state index in [1.807, 2.05) is 6.07 Å². The highest BCUT2D eigenvalue weighted by Crippen LogP contribution is 2.43. The topological polar surface area (TPSA) is 193 Å². The molecule has 1 aliphatic carbocycles. The zero-order chi connectivity index (χ0) is 51.5. The summed E-state index contributed by atoms with van der Waals surface area (Å²) in [5.41, 5.74) is 0.789. The minimum absolute atomic E-state index is 0.00568. The number of methoxy groups -OCH3 is 2. The first-order chi connectivity index (χ1) is 33.3. The molecule has 0 aliphatic heterocycles. The Kier molecular flexibility index (Phi) is 21.1. The fourth-order valence-corrected chi connectivity index (χ4v) is 7.51. The lowest BCUT2D eigenvalue weighted by molar-refractivity contribution is -0.165. The first-order valence-electron chi connectivity index (χ1n) is 23.0. The van der Waals surface area contributed by atoms with Crippen molar-refractivity contribution in [2.75, 3.05) is 40.6 Å². The molecule has 0 spiro atoms. The molecule has 1 aliphatic rings. The Morgan fingerprint density at radius 1 is 0.586 bits per heavy atom. The fourth-order valence-electron chi connectivity index (χ4n) is 7.51. The molecule has 16 heteroatoms. The van der Waals surface area contributed by atoms with Crippen molar-refractivity contribution < 1.29 is 75.8 Å². The Hall–Kier alpha value is -7.10. The van der Waals surface area contributed by atoms with Crippen LogP contribution in [-0.2, 0) is 57.2 Å². The lowest BCUT2D eigenvalue weighted by atomic mass is 9.77. The van der Waals surface area contributed by atoms with Gasteiger partial charge in [-0.25, -0.2) is 18.8 Å². The largest absolute Gasteiger partial charge is 0.489 e. The van der Waals surface area contributed by atoms with Crippen LogP contribution in [0, 0.1) is 17.2 Å². The average molecular weight is 971 g/mol. The lowest BCUT2D eigenvalue weighted by Gasteiger charge is -2.32. The van der Waals surface area contributed by atoms with E-state index in [2.05, 4.69) is 36.1 Å². The van der Waals surface area contributed by atoms with Gasteiger partial charge in [0.15, 0.2) is 11.5 Å². The Morgan fingerprint density at radius 2 is 1.10 bits per heavy atom. The van der Waals surface area contributed by atoms with Crippen molar-refractivity contribution in [2.45, 2.75) is 97.8 Å². The van der Waals surface area contributed by atoms with Crippen molar-refractivity contribution in [1.82, 2.24) is 0 Å². The van der Waals surface area contributed by atoms with Gasteiger partial charge in [-0.2, -0.15) is 0 Å². The summed E-state index contributed by atoms with van der Waals surface area (Å²) in [7, 11) is 2.12. The molecule has 0 N–H and O–H groups in total. The fraction of sp³-hybridized carbons (Fsp3) is 0.426. The number of benzene rings is 3. The minimum Gasteiger partial charge on any atom is -0.489 e. The van der Waals surface area contributed by atoms with Crippen LogP contribution in [0.15, 0.2) is 91.1 Å². The van der Waals surface area contributed by atoms with E-state index in [1.165, 1.54) is 58.6 Å². The highest BCUT2D eigenvalue weighted by atomic mass is 19.1. The van der Waals surface area contributed by atoms with Crippen molar-refractivity contribution in [1.29, 1.82) is 0 Å². The predicted octanol–water partition coefficient (Wildman–Crippen LogP) is 9.67. The van der Waals surface area contributed by atoms with E-state index < -0.39 is 86.5 Å². The standard InChI is InChI=1S/C54H63FO15/c1-10-11-12-13-36-14-16-37(17-15-36)40-22-23-41(43(55)24-40)38-18-20-39(21-19-38)42-25-46(70-53(62)35(6)7)45(26-44(42)69-52(61)34(4)5)65-29-54(32-68-51(60)33(2)3,30-66-49(58)27-47(56)63-8)31-67-50(59)28-48(57)64-9/h18-26,36-37H,2,4,6,10-17,27-32H2,1,3,5,7-9H3. The number of rotatable bonds is 25. The van der Waals surface area contributed by atoms with Crippen LogP contribution in [0.4, 0.5) is 4.39 Å². The van der Waals surface area contributed by atoms with E-state index in [-0.39, 0.29) is 45.3 Å². The summed E-state index contributed by atoms with van der Waals surface area (Å²) < 4.78 is 59.0. The third-order valence-corrected chi connectivity index (χ3v) is 11.7. The van der Waals surface area contributed by atoms with Crippen LogP contribution in [0.5, 0.6) is 17.2 Å². The molecule has 15 nitrogen and oxygen atoms in total. The average Bonchev–Trinajstić information content (AvgIpc) is 3.33. The summed E-state index contributed by atoms with van der Waals surface area (Å²) in [6, 6.07) is 14.7. The van der Waals surface area contributed by atoms with Crippen LogP contribution in [0.2, 0.25) is 0 Å². The smallest absolute Gasteiger partial charge is 0.338 e. The summed E-state index contributed by atoms with van der Waals surface area (Å²) in [5, 5.41) is 0. The van der Waals surface area contributed by atoms with Crippen molar-refractivity contribution in [3.05, 3.63) is 102 Å². The van der Waals surface area contributed by atoms with Gasteiger partial charge in [0.2, 0.25) is 0 Å². The summed E-state index contributed by atoms with van der Waals surface area (Å²) in [6.07, 6.45) is 7.68. The molecule has 0 heterocycles. The minimum atomic E-state index is -1.82. The normalized spacial score (nSPS) is 14.3. The molecule has 1 saturated carbocycles. The second-order valence-electron chi connectivity index (χ2n) is 17.6. The van der Waals surface area contributed by atoms with Crippen molar-refractivity contribution >= 4 is 41.8 Å². The molecule has 3 aromatic carbocycles. The van der Waals surface area contributed by atoms with Gasteiger partial charge in [0.25, 0.3) is 0 Å². The van der Waals surface area contributed by atoms with Gasteiger partial charge in [0.1, 0.15) is 56.3 Å². The third-order valence-electron chi connectivity index (χ3n) is 11.7. The molecule has 1 fully saturated rings. The van der Waals surface area contributed by atoms with Gasteiger partial charge in [0.05, 0.1) is 14.2 Å². The monoisotopic (exact) mass is 970 g/mol.